The van der Waals surface area contributed by atoms with Crippen molar-refractivity contribution in [2.45, 2.75) is 12.8 Å². The van der Waals surface area contributed by atoms with Crippen molar-refractivity contribution in [2.75, 3.05) is 18.0 Å². The summed E-state index contributed by atoms with van der Waals surface area (Å²) in [6.45, 7) is 4.00. The third-order valence-corrected chi connectivity index (χ3v) is 6.23. The average Bonchev–Trinajstić information content (AvgIpc) is 3.11. The molecule has 0 atom stereocenters. The zero-order chi connectivity index (χ0) is 16.3. The van der Waals surface area contributed by atoms with Gasteiger partial charge in [-0.25, -0.2) is 4.98 Å². The molecule has 0 radical (unpaired) electrons. The van der Waals surface area contributed by atoms with Gasteiger partial charge in [0.15, 0.2) is 0 Å². The van der Waals surface area contributed by atoms with Gasteiger partial charge in [0.05, 0.1) is 9.72 Å². The molecule has 0 saturated carbocycles. The Kier molecular flexibility index (Phi) is 3.05. The zero-order valence-electron chi connectivity index (χ0n) is 13.0. The predicted octanol–water partition coefficient (Wildman–Crippen LogP) is 4.13. The Morgan fingerprint density at radius 3 is 2.88 bits per heavy atom. The third-order valence-electron chi connectivity index (χ3n) is 4.76. The third kappa shape index (κ3) is 1.96. The molecule has 5 nitrogen and oxygen atoms in total. The van der Waals surface area contributed by atoms with Gasteiger partial charge >= 0.3 is 0 Å². The lowest BCUT2D eigenvalue weighted by atomic mass is 9.92. The summed E-state index contributed by atoms with van der Waals surface area (Å²) in [5, 5.41) is 9.51. The fourth-order valence-corrected chi connectivity index (χ4v) is 4.63. The van der Waals surface area contributed by atoms with E-state index < -0.39 is 0 Å². The Balaban J connectivity index is 1.52. The van der Waals surface area contributed by atoms with Gasteiger partial charge < -0.3 is 4.90 Å². The molecule has 4 aromatic heterocycles. The number of fused-ring (bicyclic) bond motifs is 3. The highest BCUT2D eigenvalue weighted by atomic mass is 35.5. The van der Waals surface area contributed by atoms with E-state index in [1.54, 1.807) is 17.5 Å². The summed E-state index contributed by atoms with van der Waals surface area (Å²) < 4.78 is 1.16. The summed E-state index contributed by atoms with van der Waals surface area (Å²) in [6.07, 6.45) is 5.44. The van der Waals surface area contributed by atoms with Crippen LogP contribution in [0.4, 0.5) is 5.82 Å². The Bertz CT molecular complexity index is 1050. The molecule has 5 rings (SSSR count). The molecule has 0 unspecified atom stereocenters. The maximum atomic E-state index is 6.23. The average molecular weight is 356 g/mol. The van der Waals surface area contributed by atoms with Crippen molar-refractivity contribution in [3.05, 3.63) is 46.9 Å². The molecule has 0 aromatic carbocycles. The van der Waals surface area contributed by atoms with Gasteiger partial charge in [0, 0.05) is 43.0 Å². The number of nitrogens with zero attached hydrogens (tertiary/aromatic N) is 4. The second kappa shape index (κ2) is 5.16. The maximum Gasteiger partial charge on any atom is 0.142 e. The highest BCUT2D eigenvalue weighted by molar-refractivity contribution is 7.26. The molecule has 0 amide bonds. The summed E-state index contributed by atoms with van der Waals surface area (Å²) in [5.74, 6) is 1.64. The van der Waals surface area contributed by atoms with Gasteiger partial charge in [-0.3, -0.25) is 10.1 Å². The SMILES string of the molecule is Cc1c(Cl)cnc2sc3c(N4CC(c5ccncc5)C4)[nH]nc3c12. The van der Waals surface area contributed by atoms with Crippen LogP contribution in [0.2, 0.25) is 5.02 Å². The standard InChI is InChI=1S/C17H14ClN5S/c1-9-12(18)6-20-17-13(9)14-15(24-17)16(22-21-14)23-7-11(8-23)10-2-4-19-5-3-10/h2-6,11H,7-8H2,1H3,(H,21,22). The number of halogens is 1. The molecule has 0 spiro atoms. The van der Waals surface area contributed by atoms with Crippen molar-refractivity contribution < 1.29 is 0 Å². The van der Waals surface area contributed by atoms with Gasteiger partial charge in [-0.15, -0.1) is 11.3 Å². The fourth-order valence-electron chi connectivity index (χ4n) is 3.32. The first-order chi connectivity index (χ1) is 11.7. The number of anilines is 1. The van der Waals surface area contributed by atoms with Crippen molar-refractivity contribution in [2.24, 2.45) is 0 Å². The van der Waals surface area contributed by atoms with Crippen LogP contribution in [0.5, 0.6) is 0 Å². The minimum atomic E-state index is 0.551. The number of aromatic amines is 1. The van der Waals surface area contributed by atoms with Crippen LogP contribution in [0.15, 0.2) is 30.7 Å². The maximum absolute atomic E-state index is 6.23. The Labute approximate surface area is 147 Å². The Hall–Kier alpha value is -2.18. The van der Waals surface area contributed by atoms with E-state index in [0.29, 0.717) is 10.9 Å². The molecule has 1 fully saturated rings. The van der Waals surface area contributed by atoms with E-state index in [1.165, 1.54) is 5.56 Å². The van der Waals surface area contributed by atoms with Crippen molar-refractivity contribution >= 4 is 49.2 Å². The zero-order valence-corrected chi connectivity index (χ0v) is 14.5. The van der Waals surface area contributed by atoms with Crippen LogP contribution in [0.3, 0.4) is 0 Å². The normalized spacial score (nSPS) is 15.3. The van der Waals surface area contributed by atoms with Crippen LogP contribution < -0.4 is 4.90 Å². The highest BCUT2D eigenvalue weighted by Gasteiger charge is 2.31. The largest absolute Gasteiger partial charge is 0.354 e. The molecule has 0 aliphatic carbocycles. The van der Waals surface area contributed by atoms with Crippen LogP contribution in [0.25, 0.3) is 20.4 Å². The monoisotopic (exact) mass is 355 g/mol. The van der Waals surface area contributed by atoms with Crippen LogP contribution in [-0.2, 0) is 0 Å². The molecule has 24 heavy (non-hydrogen) atoms. The quantitative estimate of drug-likeness (QED) is 0.587. The first-order valence-electron chi connectivity index (χ1n) is 7.79. The van der Waals surface area contributed by atoms with Crippen LogP contribution in [-0.4, -0.2) is 33.3 Å². The number of pyridine rings is 2. The molecular formula is C17H14ClN5S. The fraction of sp³-hybridized carbons (Fsp3) is 0.235. The lowest BCUT2D eigenvalue weighted by Crippen LogP contribution is -2.45. The second-order valence-corrected chi connectivity index (χ2v) is 7.55. The Morgan fingerprint density at radius 2 is 2.08 bits per heavy atom. The van der Waals surface area contributed by atoms with E-state index in [4.69, 9.17) is 11.6 Å². The van der Waals surface area contributed by atoms with Gasteiger partial charge in [0.1, 0.15) is 16.2 Å². The predicted molar refractivity (Wildman–Crippen MR) is 98.2 cm³/mol. The van der Waals surface area contributed by atoms with E-state index in [2.05, 4.69) is 37.2 Å². The summed E-state index contributed by atoms with van der Waals surface area (Å²) in [5.41, 5.74) is 3.37. The molecule has 7 heteroatoms. The van der Waals surface area contributed by atoms with Crippen molar-refractivity contribution in [1.82, 2.24) is 20.2 Å². The van der Waals surface area contributed by atoms with Gasteiger partial charge in [-0.2, -0.15) is 5.10 Å². The van der Waals surface area contributed by atoms with Crippen molar-refractivity contribution in [1.29, 1.82) is 0 Å². The van der Waals surface area contributed by atoms with Crippen molar-refractivity contribution in [3.63, 3.8) is 0 Å². The molecule has 1 saturated heterocycles. The lowest BCUT2D eigenvalue weighted by molar-refractivity contribution is 0.520. The van der Waals surface area contributed by atoms with Crippen LogP contribution in [0, 0.1) is 6.92 Å². The number of hydrogen-bond acceptors (Lipinski definition) is 5. The van der Waals surface area contributed by atoms with E-state index >= 15 is 0 Å². The molecular weight excluding hydrogens is 342 g/mol. The molecule has 120 valence electrons. The highest BCUT2D eigenvalue weighted by Crippen LogP contribution is 2.42. The van der Waals surface area contributed by atoms with Crippen LogP contribution >= 0.6 is 22.9 Å². The second-order valence-electron chi connectivity index (χ2n) is 6.15. The smallest absolute Gasteiger partial charge is 0.142 e. The number of H-pyrrole nitrogens is 1. The molecule has 5 heterocycles. The van der Waals surface area contributed by atoms with Crippen LogP contribution in [0.1, 0.15) is 17.0 Å². The number of nitrogens with one attached hydrogen (secondary N) is 1. The Morgan fingerprint density at radius 1 is 1.29 bits per heavy atom. The lowest BCUT2D eigenvalue weighted by Gasteiger charge is -2.40. The van der Waals surface area contributed by atoms with Gasteiger partial charge in [-0.1, -0.05) is 11.6 Å². The molecule has 4 aromatic rings. The number of thiophene rings is 1. The van der Waals surface area contributed by atoms with Gasteiger partial charge in [-0.05, 0) is 30.2 Å². The summed E-state index contributed by atoms with van der Waals surface area (Å²) in [7, 11) is 0. The number of rotatable bonds is 2. The first-order valence-corrected chi connectivity index (χ1v) is 8.98. The molecule has 1 N–H and O–H groups in total. The first kappa shape index (κ1) is 14.2. The summed E-state index contributed by atoms with van der Waals surface area (Å²) >= 11 is 7.91. The van der Waals surface area contributed by atoms with E-state index in [-0.39, 0.29) is 0 Å². The number of aromatic nitrogens is 4. The summed E-state index contributed by atoms with van der Waals surface area (Å²) in [4.78, 5) is 11.9. The van der Waals surface area contributed by atoms with Gasteiger partial charge in [0.25, 0.3) is 0 Å². The minimum Gasteiger partial charge on any atom is -0.354 e. The van der Waals surface area contributed by atoms with E-state index in [0.717, 1.165) is 44.9 Å². The topological polar surface area (TPSA) is 57.7 Å². The molecule has 1 aliphatic rings. The number of aryl methyl sites for hydroxylation is 1. The van der Waals surface area contributed by atoms with Crippen molar-refractivity contribution in [3.8, 4) is 0 Å². The number of hydrogen-bond donors (Lipinski definition) is 1. The minimum absolute atomic E-state index is 0.551. The summed E-state index contributed by atoms with van der Waals surface area (Å²) in [6, 6.07) is 4.19. The van der Waals surface area contributed by atoms with E-state index in [1.807, 2.05) is 19.3 Å². The molecule has 0 bridgehead atoms. The van der Waals surface area contributed by atoms with E-state index in [9.17, 15) is 0 Å². The van der Waals surface area contributed by atoms with Gasteiger partial charge in [0.2, 0.25) is 0 Å². The molecule has 1 aliphatic heterocycles.